The summed E-state index contributed by atoms with van der Waals surface area (Å²) in [4.78, 5) is 38.7. The van der Waals surface area contributed by atoms with Crippen LogP contribution in [0.1, 0.15) is 30.9 Å². The standard InChI is InChI=1S/C21H23N5O2/c1-5-7-15(12-22-4)8-6-9-26-17-11-14(3)13(2)10-16(17)23-18-19(26)24-21(28)25-20(18)27/h5,7,10-12H,4,6,8-9H2,1-3H3,(H,25,27,28). The predicted molar refractivity (Wildman–Crippen MR) is 112 cm³/mol. The van der Waals surface area contributed by atoms with Crippen molar-refractivity contribution in [2.75, 3.05) is 0 Å². The third-order valence-electron chi connectivity index (χ3n) is 4.71. The Morgan fingerprint density at radius 3 is 2.71 bits per heavy atom. The van der Waals surface area contributed by atoms with E-state index in [2.05, 4.69) is 26.7 Å². The molecule has 1 N–H and O–H groups in total. The lowest BCUT2D eigenvalue weighted by atomic mass is 10.1. The molecule has 7 nitrogen and oxygen atoms in total. The smallest absolute Gasteiger partial charge is 0.322 e. The van der Waals surface area contributed by atoms with Crippen molar-refractivity contribution in [3.8, 4) is 11.5 Å². The van der Waals surface area contributed by atoms with Crippen LogP contribution in [0.25, 0.3) is 22.6 Å². The van der Waals surface area contributed by atoms with Crippen molar-refractivity contribution < 1.29 is 0 Å². The molecule has 1 aromatic carbocycles. The quantitative estimate of drug-likeness (QED) is 0.406. The van der Waals surface area contributed by atoms with Crippen molar-refractivity contribution in [3.05, 3.63) is 68.0 Å². The highest BCUT2D eigenvalue weighted by atomic mass is 16.2. The summed E-state index contributed by atoms with van der Waals surface area (Å²) < 4.78 is 1.91. The van der Waals surface area contributed by atoms with Gasteiger partial charge in [0.1, 0.15) is 0 Å². The lowest BCUT2D eigenvalue weighted by molar-refractivity contribution is 0.649. The molecule has 144 valence electrons. The van der Waals surface area contributed by atoms with Gasteiger partial charge in [0.15, 0.2) is 11.5 Å². The number of fused-ring (bicyclic) bond motifs is 2. The van der Waals surface area contributed by atoms with E-state index in [9.17, 15) is 9.59 Å². The van der Waals surface area contributed by atoms with Crippen LogP contribution in [-0.2, 0) is 6.54 Å². The minimum absolute atomic E-state index is 0.173. The first-order valence-electron chi connectivity index (χ1n) is 9.14. The summed E-state index contributed by atoms with van der Waals surface area (Å²) in [6.07, 6.45) is 7.24. The molecule has 0 aliphatic carbocycles. The van der Waals surface area contributed by atoms with Gasteiger partial charge >= 0.3 is 5.69 Å². The zero-order chi connectivity index (χ0) is 20.3. The highest BCUT2D eigenvalue weighted by Gasteiger charge is 2.19. The van der Waals surface area contributed by atoms with Gasteiger partial charge in [0, 0.05) is 12.7 Å². The second kappa shape index (κ2) is 8.12. The number of nitrogens with one attached hydrogen (secondary N) is 1. The van der Waals surface area contributed by atoms with Gasteiger partial charge in [-0.3, -0.25) is 14.8 Å². The van der Waals surface area contributed by atoms with Crippen molar-refractivity contribution in [2.45, 2.75) is 40.2 Å². The summed E-state index contributed by atoms with van der Waals surface area (Å²) in [6, 6.07) is 3.98. The number of benzene rings is 1. The van der Waals surface area contributed by atoms with Crippen LogP contribution in [0.3, 0.4) is 0 Å². The molecule has 0 aromatic heterocycles. The van der Waals surface area contributed by atoms with Crippen LogP contribution >= 0.6 is 0 Å². The maximum absolute atomic E-state index is 12.3. The fourth-order valence-corrected chi connectivity index (χ4v) is 3.24. The van der Waals surface area contributed by atoms with Crippen molar-refractivity contribution >= 4 is 17.8 Å². The van der Waals surface area contributed by atoms with E-state index in [1.807, 2.05) is 49.6 Å². The topological polar surface area (TPSA) is 93.0 Å². The number of aromatic nitrogens is 4. The van der Waals surface area contributed by atoms with Crippen LogP contribution in [0.2, 0.25) is 0 Å². The molecule has 0 saturated heterocycles. The fraction of sp³-hybridized carbons (Fsp3) is 0.286. The average molecular weight is 377 g/mol. The zero-order valence-corrected chi connectivity index (χ0v) is 16.3. The molecule has 2 aliphatic rings. The van der Waals surface area contributed by atoms with Gasteiger partial charge in [-0.15, -0.1) is 0 Å². The molecular formula is C21H23N5O2. The van der Waals surface area contributed by atoms with Gasteiger partial charge in [-0.1, -0.05) is 12.2 Å². The van der Waals surface area contributed by atoms with Gasteiger partial charge in [-0.2, -0.15) is 4.98 Å². The number of H-pyrrole nitrogens is 1. The minimum Gasteiger partial charge on any atom is -0.322 e. The van der Waals surface area contributed by atoms with Crippen LogP contribution in [0.15, 0.2) is 50.6 Å². The van der Waals surface area contributed by atoms with E-state index in [4.69, 9.17) is 0 Å². The average Bonchev–Trinajstić information content (AvgIpc) is 2.64. The molecule has 0 bridgehead atoms. The Hall–Kier alpha value is -3.35. The van der Waals surface area contributed by atoms with Crippen molar-refractivity contribution in [2.24, 2.45) is 4.99 Å². The van der Waals surface area contributed by atoms with Crippen molar-refractivity contribution in [3.63, 3.8) is 0 Å². The number of rotatable bonds is 6. The van der Waals surface area contributed by atoms with Gasteiger partial charge < -0.3 is 4.57 Å². The second-order valence-corrected chi connectivity index (χ2v) is 6.72. The van der Waals surface area contributed by atoms with Gasteiger partial charge in [-0.25, -0.2) is 9.78 Å². The van der Waals surface area contributed by atoms with Crippen LogP contribution in [0.5, 0.6) is 0 Å². The maximum atomic E-state index is 12.3. The molecule has 0 unspecified atom stereocenters. The van der Waals surface area contributed by atoms with E-state index < -0.39 is 11.2 Å². The third-order valence-corrected chi connectivity index (χ3v) is 4.71. The Morgan fingerprint density at radius 2 is 2.00 bits per heavy atom. The molecule has 3 rings (SSSR count). The number of nitrogens with zero attached hydrogens (tertiary/aromatic N) is 4. The first-order valence-corrected chi connectivity index (χ1v) is 9.14. The Kier molecular flexibility index (Phi) is 5.63. The highest BCUT2D eigenvalue weighted by Crippen LogP contribution is 2.24. The number of allylic oxidation sites excluding steroid dienone is 3. The number of aryl methyl sites for hydroxylation is 3. The predicted octanol–water partition coefficient (Wildman–Crippen LogP) is 3.14. The first-order chi connectivity index (χ1) is 13.4. The maximum Gasteiger partial charge on any atom is 0.349 e. The summed E-state index contributed by atoms with van der Waals surface area (Å²) >= 11 is 0. The van der Waals surface area contributed by atoms with Crippen molar-refractivity contribution in [1.29, 1.82) is 0 Å². The molecule has 2 heterocycles. The Morgan fingerprint density at radius 1 is 1.25 bits per heavy atom. The largest absolute Gasteiger partial charge is 0.349 e. The molecule has 0 saturated carbocycles. The summed E-state index contributed by atoms with van der Waals surface area (Å²) in [6.45, 7) is 10.1. The van der Waals surface area contributed by atoms with E-state index in [1.165, 1.54) is 0 Å². The second-order valence-electron chi connectivity index (χ2n) is 6.72. The molecule has 0 fully saturated rings. The number of hydrogen-bond donors (Lipinski definition) is 1. The van der Waals surface area contributed by atoms with Crippen LogP contribution in [-0.4, -0.2) is 26.2 Å². The molecule has 0 atom stereocenters. The van der Waals surface area contributed by atoms with Gasteiger partial charge in [0.25, 0.3) is 5.56 Å². The molecule has 0 radical (unpaired) electrons. The first kappa shape index (κ1) is 19.4. The lowest BCUT2D eigenvalue weighted by Crippen LogP contribution is -2.29. The van der Waals surface area contributed by atoms with Crippen LogP contribution in [0, 0.1) is 13.8 Å². The number of hydrogen-bond acceptors (Lipinski definition) is 5. The molecule has 1 aromatic rings. The van der Waals surface area contributed by atoms with Gasteiger partial charge in [0.2, 0.25) is 0 Å². The highest BCUT2D eigenvalue weighted by molar-refractivity contribution is 5.81. The number of aromatic amines is 1. The fourth-order valence-electron chi connectivity index (χ4n) is 3.24. The van der Waals surface area contributed by atoms with E-state index in [1.54, 1.807) is 6.20 Å². The molecule has 28 heavy (non-hydrogen) atoms. The van der Waals surface area contributed by atoms with Gasteiger partial charge in [0.05, 0.1) is 11.0 Å². The Bertz CT molecular complexity index is 1180. The Balaban J connectivity index is 2.13. The van der Waals surface area contributed by atoms with Crippen LogP contribution in [0.4, 0.5) is 0 Å². The molecular weight excluding hydrogens is 354 g/mol. The third kappa shape index (κ3) is 3.83. The molecule has 0 spiro atoms. The summed E-state index contributed by atoms with van der Waals surface area (Å²) in [5.41, 5.74) is 3.81. The van der Waals surface area contributed by atoms with E-state index in [0.29, 0.717) is 17.9 Å². The minimum atomic E-state index is -0.665. The monoisotopic (exact) mass is 377 g/mol. The van der Waals surface area contributed by atoms with Crippen LogP contribution < -0.4 is 11.2 Å². The van der Waals surface area contributed by atoms with E-state index in [-0.39, 0.29) is 5.69 Å². The summed E-state index contributed by atoms with van der Waals surface area (Å²) in [5.74, 6) is 0.308. The molecule has 7 heteroatoms. The normalized spacial score (nSPS) is 12.3. The van der Waals surface area contributed by atoms with E-state index >= 15 is 0 Å². The summed E-state index contributed by atoms with van der Waals surface area (Å²) in [5, 5.41) is 0. The SMILES string of the molecule is C=NC=C(C=CC)CCCn1c2nc(=O)[nH]c(=O)c-2nc2cc(C)c(C)cc21. The summed E-state index contributed by atoms with van der Waals surface area (Å²) in [7, 11) is 0. The molecule has 2 aliphatic heterocycles. The Labute approximate surface area is 162 Å². The van der Waals surface area contributed by atoms with Gasteiger partial charge in [-0.05, 0) is 69.2 Å². The van der Waals surface area contributed by atoms with Crippen molar-refractivity contribution in [1.82, 2.24) is 19.5 Å². The number of aliphatic imine (C=N–C) groups is 1. The molecule has 0 amide bonds. The van der Waals surface area contributed by atoms with E-state index in [0.717, 1.165) is 35.1 Å². The lowest BCUT2D eigenvalue weighted by Gasteiger charge is -2.17. The zero-order valence-electron chi connectivity index (χ0n) is 16.3.